The number of nitrogens with one attached hydrogen (secondary N) is 2. The number of hydrogen-bond donors (Lipinski definition) is 2. The van der Waals surface area contributed by atoms with Crippen LogP contribution < -0.4 is 10.6 Å². The van der Waals surface area contributed by atoms with E-state index in [4.69, 9.17) is 23.2 Å². The number of rotatable bonds is 2. The quantitative estimate of drug-likeness (QED) is 0.659. The number of fused-ring (bicyclic) bond motifs is 1. The lowest BCUT2D eigenvalue weighted by Crippen LogP contribution is -2.19. The van der Waals surface area contributed by atoms with Gasteiger partial charge in [-0.1, -0.05) is 23.2 Å². The highest BCUT2D eigenvalue weighted by molar-refractivity contribution is 6.35. The van der Waals surface area contributed by atoms with E-state index in [1.54, 1.807) is 30.3 Å². The monoisotopic (exact) mass is 360 g/mol. The summed E-state index contributed by atoms with van der Waals surface area (Å²) >= 11 is 11.9. The minimum absolute atomic E-state index is 0.407. The number of urea groups is 1. The smallest absolute Gasteiger partial charge is 0.308 e. The number of carbonyl (C=O) groups excluding carboxylic acids is 1. The number of nitrogens with zero attached hydrogens (tertiary/aromatic N) is 2. The van der Waals surface area contributed by atoms with Crippen molar-refractivity contribution in [2.45, 2.75) is 13.8 Å². The van der Waals surface area contributed by atoms with Gasteiger partial charge in [-0.25, -0.2) is 14.8 Å². The zero-order valence-corrected chi connectivity index (χ0v) is 14.5. The Labute approximate surface area is 149 Å². The molecule has 122 valence electrons. The summed E-state index contributed by atoms with van der Waals surface area (Å²) < 4.78 is 0. The Hall–Kier alpha value is -2.37. The second kappa shape index (κ2) is 6.63. The molecule has 2 amide bonds. The molecule has 0 atom stereocenters. The summed E-state index contributed by atoms with van der Waals surface area (Å²) in [6.07, 6.45) is 0. The van der Waals surface area contributed by atoms with Crippen LogP contribution in [-0.4, -0.2) is 16.0 Å². The van der Waals surface area contributed by atoms with Crippen LogP contribution in [0.1, 0.15) is 11.4 Å². The summed E-state index contributed by atoms with van der Waals surface area (Å²) in [6.45, 7) is 3.81. The number of halogens is 2. The Kier molecular flexibility index (Phi) is 4.55. The van der Waals surface area contributed by atoms with E-state index in [9.17, 15) is 4.79 Å². The zero-order valence-electron chi connectivity index (χ0n) is 13.0. The predicted molar refractivity (Wildman–Crippen MR) is 98.1 cm³/mol. The van der Waals surface area contributed by atoms with Crippen molar-refractivity contribution in [2.75, 3.05) is 10.6 Å². The van der Waals surface area contributed by atoms with E-state index < -0.39 is 6.03 Å². The minimum atomic E-state index is -0.421. The molecule has 7 heteroatoms. The van der Waals surface area contributed by atoms with Crippen molar-refractivity contribution in [3.8, 4) is 0 Å². The average Bonchev–Trinajstić information content (AvgIpc) is 2.52. The molecule has 3 rings (SSSR count). The van der Waals surface area contributed by atoms with Crippen LogP contribution in [0.15, 0.2) is 36.4 Å². The van der Waals surface area contributed by atoms with Gasteiger partial charge in [-0.3, -0.25) is 0 Å². The first kappa shape index (κ1) is 16.5. The van der Waals surface area contributed by atoms with Crippen LogP contribution in [0.4, 0.5) is 16.2 Å². The minimum Gasteiger partial charge on any atom is -0.308 e. The summed E-state index contributed by atoms with van der Waals surface area (Å²) in [5.41, 5.74) is 4.29. The number of amides is 2. The van der Waals surface area contributed by atoms with E-state index in [0.29, 0.717) is 21.4 Å². The molecule has 5 nitrogen and oxygen atoms in total. The third-order valence-corrected chi connectivity index (χ3v) is 4.07. The maximum atomic E-state index is 12.1. The van der Waals surface area contributed by atoms with Crippen molar-refractivity contribution in [1.29, 1.82) is 0 Å². The van der Waals surface area contributed by atoms with E-state index in [1.807, 2.05) is 19.9 Å². The summed E-state index contributed by atoms with van der Waals surface area (Å²) in [7, 11) is 0. The molecule has 0 radical (unpaired) electrons. The van der Waals surface area contributed by atoms with Gasteiger partial charge >= 0.3 is 6.03 Å². The molecule has 0 aliphatic carbocycles. The van der Waals surface area contributed by atoms with Gasteiger partial charge in [-0.15, -0.1) is 0 Å². The van der Waals surface area contributed by atoms with Crippen molar-refractivity contribution >= 4 is 51.6 Å². The van der Waals surface area contributed by atoms with Crippen LogP contribution in [0.5, 0.6) is 0 Å². The van der Waals surface area contributed by atoms with Gasteiger partial charge in [-0.05, 0) is 50.2 Å². The van der Waals surface area contributed by atoms with E-state index in [2.05, 4.69) is 20.6 Å². The highest BCUT2D eigenvalue weighted by Gasteiger charge is 2.08. The molecule has 0 bridgehead atoms. The highest BCUT2D eigenvalue weighted by Crippen LogP contribution is 2.25. The second-order valence-corrected chi connectivity index (χ2v) is 6.14. The largest absolute Gasteiger partial charge is 0.323 e. The van der Waals surface area contributed by atoms with Crippen LogP contribution in [0.25, 0.3) is 11.0 Å². The van der Waals surface area contributed by atoms with Gasteiger partial charge in [0.2, 0.25) is 0 Å². The van der Waals surface area contributed by atoms with Crippen LogP contribution >= 0.6 is 23.2 Å². The van der Waals surface area contributed by atoms with Crippen LogP contribution in [-0.2, 0) is 0 Å². The van der Waals surface area contributed by atoms with Crippen molar-refractivity contribution in [1.82, 2.24) is 9.97 Å². The Morgan fingerprint density at radius 3 is 2.38 bits per heavy atom. The van der Waals surface area contributed by atoms with Crippen molar-refractivity contribution in [3.63, 3.8) is 0 Å². The number of carbonyl (C=O) groups is 1. The predicted octanol–water partition coefficient (Wildman–Crippen LogP) is 5.20. The fourth-order valence-corrected chi connectivity index (χ4v) is 2.52. The van der Waals surface area contributed by atoms with E-state index in [1.165, 1.54) is 0 Å². The fraction of sp³-hybridized carbons (Fsp3) is 0.118. The number of benzene rings is 2. The van der Waals surface area contributed by atoms with E-state index in [0.717, 1.165) is 22.4 Å². The molecular weight excluding hydrogens is 347 g/mol. The molecule has 1 aromatic heterocycles. The zero-order chi connectivity index (χ0) is 17.3. The first-order valence-electron chi connectivity index (χ1n) is 7.20. The molecular formula is C17H14Cl2N4O. The second-order valence-electron chi connectivity index (χ2n) is 5.30. The average molecular weight is 361 g/mol. The molecule has 2 N–H and O–H groups in total. The lowest BCUT2D eigenvalue weighted by Gasteiger charge is -2.10. The molecule has 0 aliphatic rings. The fourth-order valence-electron chi connectivity index (χ4n) is 2.19. The normalized spacial score (nSPS) is 10.7. The van der Waals surface area contributed by atoms with E-state index in [-0.39, 0.29) is 0 Å². The number of hydrogen-bond acceptors (Lipinski definition) is 3. The summed E-state index contributed by atoms with van der Waals surface area (Å²) in [5.74, 6) is 0. The molecule has 3 aromatic rings. The SMILES string of the molecule is Cc1nc2ccc(NC(=O)Nc3cc(Cl)ccc3Cl)cc2nc1C. The maximum absolute atomic E-state index is 12.1. The summed E-state index contributed by atoms with van der Waals surface area (Å²) in [6, 6.07) is 9.79. The first-order chi connectivity index (χ1) is 11.4. The molecule has 0 unspecified atom stereocenters. The lowest BCUT2D eigenvalue weighted by atomic mass is 10.2. The molecule has 1 heterocycles. The lowest BCUT2D eigenvalue weighted by molar-refractivity contribution is 0.262. The molecule has 0 saturated heterocycles. The molecule has 0 fully saturated rings. The Bertz CT molecular complexity index is 943. The van der Waals surface area contributed by atoms with Crippen LogP contribution in [0.2, 0.25) is 10.0 Å². The molecule has 24 heavy (non-hydrogen) atoms. The summed E-state index contributed by atoms with van der Waals surface area (Å²) in [4.78, 5) is 21.1. The van der Waals surface area contributed by atoms with Crippen LogP contribution in [0, 0.1) is 13.8 Å². The van der Waals surface area contributed by atoms with Crippen molar-refractivity contribution < 1.29 is 4.79 Å². The van der Waals surface area contributed by atoms with Gasteiger partial charge < -0.3 is 10.6 Å². The summed E-state index contributed by atoms with van der Waals surface area (Å²) in [5, 5.41) is 6.30. The van der Waals surface area contributed by atoms with Gasteiger partial charge in [-0.2, -0.15) is 0 Å². The van der Waals surface area contributed by atoms with E-state index >= 15 is 0 Å². The van der Waals surface area contributed by atoms with Gasteiger partial charge in [0.05, 0.1) is 33.1 Å². The van der Waals surface area contributed by atoms with Gasteiger partial charge in [0.15, 0.2) is 0 Å². The number of aryl methyl sites for hydroxylation is 2. The molecule has 0 spiro atoms. The highest BCUT2D eigenvalue weighted by atomic mass is 35.5. The Morgan fingerprint density at radius 1 is 0.917 bits per heavy atom. The first-order valence-corrected chi connectivity index (χ1v) is 7.96. The van der Waals surface area contributed by atoms with Crippen LogP contribution in [0.3, 0.4) is 0 Å². The third-order valence-electron chi connectivity index (χ3n) is 3.51. The number of anilines is 2. The van der Waals surface area contributed by atoms with Crippen molar-refractivity contribution in [2.24, 2.45) is 0 Å². The standard InChI is InChI=1S/C17H14Cl2N4O/c1-9-10(2)21-16-8-12(4-6-14(16)20-9)22-17(24)23-15-7-11(18)3-5-13(15)19/h3-8H,1-2H3,(H2,22,23,24). The maximum Gasteiger partial charge on any atom is 0.323 e. The Morgan fingerprint density at radius 2 is 1.62 bits per heavy atom. The number of aromatic nitrogens is 2. The van der Waals surface area contributed by atoms with Crippen molar-refractivity contribution in [3.05, 3.63) is 57.8 Å². The van der Waals surface area contributed by atoms with Gasteiger partial charge in [0.1, 0.15) is 0 Å². The molecule has 0 aliphatic heterocycles. The topological polar surface area (TPSA) is 66.9 Å². The third kappa shape index (κ3) is 3.58. The van der Waals surface area contributed by atoms with Gasteiger partial charge in [0, 0.05) is 10.7 Å². The Balaban J connectivity index is 1.80. The molecule has 2 aromatic carbocycles. The molecule has 0 saturated carbocycles. The van der Waals surface area contributed by atoms with Gasteiger partial charge in [0.25, 0.3) is 0 Å².